The van der Waals surface area contributed by atoms with E-state index in [-0.39, 0.29) is 0 Å². The number of furan rings is 1. The van der Waals surface area contributed by atoms with Crippen LogP contribution in [0.2, 0.25) is 0 Å². The predicted molar refractivity (Wildman–Crippen MR) is 240 cm³/mol. The fraction of sp³-hybridized carbons (Fsp3) is 0.0189. The summed E-state index contributed by atoms with van der Waals surface area (Å²) in [5.74, 6) is 0. The molecule has 1 nitrogen and oxygen atoms in total. The molecule has 0 saturated heterocycles. The Kier molecular flexibility index (Phi) is 7.17. The van der Waals surface area contributed by atoms with E-state index in [9.17, 15) is 0 Å². The smallest absolute Gasteiger partial charge is 0.136 e. The van der Waals surface area contributed by atoms with Gasteiger partial charge in [0.2, 0.25) is 0 Å². The number of thiophene rings is 1. The van der Waals surface area contributed by atoms with E-state index in [0.717, 1.165) is 38.5 Å². The van der Waals surface area contributed by atoms with Crippen LogP contribution in [0.4, 0.5) is 0 Å². The maximum atomic E-state index is 6.41. The minimum atomic E-state index is 0.884. The van der Waals surface area contributed by atoms with Gasteiger partial charge in [-0.1, -0.05) is 134 Å². The molecule has 0 aliphatic carbocycles. The Hall–Kier alpha value is -6.74. The monoisotopic (exact) mass is 718 g/mol. The fourth-order valence-electron chi connectivity index (χ4n) is 8.74. The second-order valence-electron chi connectivity index (χ2n) is 14.4. The molecular formula is C53H34OS. The van der Waals surface area contributed by atoms with Crippen molar-refractivity contribution in [1.29, 1.82) is 0 Å². The zero-order valence-corrected chi connectivity index (χ0v) is 31.1. The molecule has 0 unspecified atom stereocenters. The van der Waals surface area contributed by atoms with Crippen molar-refractivity contribution < 1.29 is 4.42 Å². The van der Waals surface area contributed by atoms with Crippen LogP contribution in [0.1, 0.15) is 18.1 Å². The fourth-order valence-corrected chi connectivity index (χ4v) is 9.83. The van der Waals surface area contributed by atoms with E-state index < -0.39 is 0 Å². The summed E-state index contributed by atoms with van der Waals surface area (Å²) in [6.07, 6.45) is 6.08. The largest absolute Gasteiger partial charge is 0.456 e. The van der Waals surface area contributed by atoms with E-state index in [1.807, 2.05) is 24.3 Å². The molecule has 0 amide bonds. The molecule has 0 atom stereocenters. The first-order valence-electron chi connectivity index (χ1n) is 18.8. The molecule has 0 radical (unpaired) electrons. The Bertz CT molecular complexity index is 3330. The molecule has 0 aliphatic heterocycles. The highest BCUT2D eigenvalue weighted by molar-refractivity contribution is 7.25. The van der Waals surface area contributed by atoms with E-state index in [1.165, 1.54) is 80.5 Å². The minimum Gasteiger partial charge on any atom is -0.456 e. The average Bonchev–Trinajstić information content (AvgIpc) is 3.78. The number of rotatable bonds is 5. The molecule has 2 aromatic heterocycles. The summed E-state index contributed by atoms with van der Waals surface area (Å²) in [7, 11) is 0. The lowest BCUT2D eigenvalue weighted by molar-refractivity contribution is 0.669. The molecule has 55 heavy (non-hydrogen) atoms. The first kappa shape index (κ1) is 31.8. The van der Waals surface area contributed by atoms with Crippen molar-refractivity contribution in [3.05, 3.63) is 182 Å². The van der Waals surface area contributed by atoms with Crippen LogP contribution in [0.3, 0.4) is 0 Å². The third-order valence-corrected chi connectivity index (χ3v) is 12.5. The Morgan fingerprint density at radius 1 is 0.436 bits per heavy atom. The Morgan fingerprint density at radius 3 is 1.73 bits per heavy atom. The summed E-state index contributed by atoms with van der Waals surface area (Å²) < 4.78 is 9.07. The molecule has 9 aromatic carbocycles. The summed E-state index contributed by atoms with van der Waals surface area (Å²) in [5, 5.41) is 12.3. The molecule has 0 bridgehead atoms. The predicted octanol–water partition coefficient (Wildman–Crippen LogP) is 16.1. The quantitative estimate of drug-likeness (QED) is 0.162. The molecular weight excluding hydrogens is 685 g/mol. The number of fused-ring (bicyclic) bond motifs is 9. The van der Waals surface area contributed by atoms with E-state index in [2.05, 4.69) is 176 Å². The van der Waals surface area contributed by atoms with Crippen LogP contribution in [-0.4, -0.2) is 0 Å². The van der Waals surface area contributed by atoms with Crippen molar-refractivity contribution in [2.45, 2.75) is 6.92 Å². The van der Waals surface area contributed by atoms with Gasteiger partial charge in [-0.2, -0.15) is 0 Å². The maximum absolute atomic E-state index is 6.41. The molecule has 2 heteroatoms. The van der Waals surface area contributed by atoms with Gasteiger partial charge >= 0.3 is 0 Å². The van der Waals surface area contributed by atoms with Crippen molar-refractivity contribution in [2.24, 2.45) is 0 Å². The Balaban J connectivity index is 1.02. The molecule has 0 aliphatic rings. The maximum Gasteiger partial charge on any atom is 0.136 e. The lowest BCUT2D eigenvalue weighted by Crippen LogP contribution is -1.91. The van der Waals surface area contributed by atoms with Gasteiger partial charge in [0.15, 0.2) is 0 Å². The van der Waals surface area contributed by atoms with E-state index in [1.54, 1.807) is 0 Å². The number of allylic oxidation sites excluding steroid dienone is 1. The lowest BCUT2D eigenvalue weighted by Gasteiger charge is -2.18. The van der Waals surface area contributed by atoms with Gasteiger partial charge < -0.3 is 4.42 Å². The van der Waals surface area contributed by atoms with Crippen LogP contribution in [0, 0.1) is 0 Å². The van der Waals surface area contributed by atoms with Gasteiger partial charge in [-0.25, -0.2) is 0 Å². The number of hydrogen-bond donors (Lipinski definition) is 0. The standard InChI is InChI=1S/C53H34OS/c1-3-11-35-27-45-46-28-37-23-22-36(26-39(37)31-49(46)54-48(45)30-32(35)4-2)33-18-20-34(21-19-33)52-41-13-5-7-15-43(41)53(44-16-8-6-14-42(44)52)38-24-25-51-47(29-38)40-12-9-10-17-50(40)55-51/h3-31H,2H2,1H3/b11-3-. The highest BCUT2D eigenvalue weighted by Gasteiger charge is 2.18. The minimum absolute atomic E-state index is 0.884. The third-order valence-electron chi connectivity index (χ3n) is 11.3. The van der Waals surface area contributed by atoms with Crippen LogP contribution in [0.5, 0.6) is 0 Å². The van der Waals surface area contributed by atoms with Crippen LogP contribution < -0.4 is 0 Å². The van der Waals surface area contributed by atoms with Crippen molar-refractivity contribution in [3.8, 4) is 33.4 Å². The van der Waals surface area contributed by atoms with Crippen LogP contribution in [0.15, 0.2) is 175 Å². The normalized spacial score (nSPS) is 12.1. The third kappa shape index (κ3) is 4.99. The van der Waals surface area contributed by atoms with Crippen LogP contribution in [-0.2, 0) is 0 Å². The molecule has 2 heterocycles. The highest BCUT2D eigenvalue weighted by atomic mass is 32.1. The zero-order valence-electron chi connectivity index (χ0n) is 30.3. The molecule has 0 N–H and O–H groups in total. The van der Waals surface area contributed by atoms with Crippen molar-refractivity contribution in [2.75, 3.05) is 0 Å². The Morgan fingerprint density at radius 2 is 1.02 bits per heavy atom. The van der Waals surface area contributed by atoms with Crippen molar-refractivity contribution in [3.63, 3.8) is 0 Å². The molecule has 0 spiro atoms. The van der Waals surface area contributed by atoms with E-state index in [0.29, 0.717) is 0 Å². The van der Waals surface area contributed by atoms with Crippen molar-refractivity contribution >= 4 is 97.9 Å². The summed E-state index contributed by atoms with van der Waals surface area (Å²) in [6.45, 7) is 6.06. The van der Waals surface area contributed by atoms with Gasteiger partial charge in [-0.05, 0) is 132 Å². The molecule has 0 saturated carbocycles. The first-order chi connectivity index (χ1) is 27.1. The highest BCUT2D eigenvalue weighted by Crippen LogP contribution is 2.46. The van der Waals surface area contributed by atoms with Gasteiger partial charge in [0.25, 0.3) is 0 Å². The van der Waals surface area contributed by atoms with Crippen LogP contribution in [0.25, 0.3) is 120 Å². The first-order valence-corrected chi connectivity index (χ1v) is 19.6. The van der Waals surface area contributed by atoms with E-state index >= 15 is 0 Å². The van der Waals surface area contributed by atoms with Gasteiger partial charge in [0.1, 0.15) is 11.2 Å². The Labute approximate surface area is 322 Å². The summed E-state index contributed by atoms with van der Waals surface area (Å²) >= 11 is 1.87. The van der Waals surface area contributed by atoms with Gasteiger partial charge in [0.05, 0.1) is 0 Å². The number of hydrogen-bond acceptors (Lipinski definition) is 2. The molecule has 258 valence electrons. The molecule has 0 fully saturated rings. The van der Waals surface area contributed by atoms with Gasteiger partial charge in [-0.15, -0.1) is 11.3 Å². The van der Waals surface area contributed by atoms with Crippen LogP contribution >= 0.6 is 11.3 Å². The van der Waals surface area contributed by atoms with Crippen molar-refractivity contribution in [1.82, 2.24) is 0 Å². The average molecular weight is 719 g/mol. The summed E-state index contributed by atoms with van der Waals surface area (Å²) in [5.41, 5.74) is 11.4. The SMILES string of the molecule is C=Cc1cc2oc3cc4cc(-c5ccc(-c6c7ccccc7c(-c7ccc8sc9ccccc9c8c7)c7ccccc67)cc5)ccc4cc3c2cc1/C=C\C. The lowest BCUT2D eigenvalue weighted by atomic mass is 9.85. The van der Waals surface area contributed by atoms with Gasteiger partial charge in [-0.3, -0.25) is 0 Å². The van der Waals surface area contributed by atoms with Gasteiger partial charge in [0, 0.05) is 30.9 Å². The van der Waals surface area contributed by atoms with E-state index in [4.69, 9.17) is 4.42 Å². The molecule has 11 aromatic rings. The summed E-state index contributed by atoms with van der Waals surface area (Å²) in [6, 6.07) is 58.2. The zero-order chi connectivity index (χ0) is 36.6. The number of benzene rings is 9. The second-order valence-corrected chi connectivity index (χ2v) is 15.5. The molecule has 11 rings (SSSR count). The second kappa shape index (κ2) is 12.4. The topological polar surface area (TPSA) is 13.1 Å². The summed E-state index contributed by atoms with van der Waals surface area (Å²) in [4.78, 5) is 0.